The predicted octanol–water partition coefficient (Wildman–Crippen LogP) is 1.02. The van der Waals surface area contributed by atoms with E-state index < -0.39 is 4.92 Å². The number of ether oxygens (including phenoxy) is 1. The zero-order chi connectivity index (χ0) is 13.1. The van der Waals surface area contributed by atoms with E-state index >= 15 is 0 Å². The molecule has 8 heteroatoms. The highest BCUT2D eigenvalue weighted by atomic mass is 16.6. The number of anilines is 2. The van der Waals surface area contributed by atoms with E-state index in [4.69, 9.17) is 4.74 Å². The summed E-state index contributed by atoms with van der Waals surface area (Å²) in [4.78, 5) is 18.4. The van der Waals surface area contributed by atoms with Crippen LogP contribution in [0.25, 0.3) is 0 Å². The molecular weight excluding hydrogens is 238 g/mol. The van der Waals surface area contributed by atoms with E-state index in [1.165, 1.54) is 6.33 Å². The number of hydrogen-bond donors (Lipinski definition) is 2. The van der Waals surface area contributed by atoms with Crippen molar-refractivity contribution in [2.45, 2.75) is 25.5 Å². The smallest absolute Gasteiger partial charge is 0.353 e. The molecule has 1 saturated heterocycles. The van der Waals surface area contributed by atoms with Gasteiger partial charge in [0.1, 0.15) is 6.33 Å². The van der Waals surface area contributed by atoms with Gasteiger partial charge in [-0.3, -0.25) is 10.1 Å². The second kappa shape index (κ2) is 5.13. The van der Waals surface area contributed by atoms with Crippen molar-refractivity contribution in [3.05, 3.63) is 16.4 Å². The maximum atomic E-state index is 11.1. The normalized spacial score (nSPS) is 22.8. The molecule has 1 aromatic rings. The largest absolute Gasteiger partial charge is 0.376 e. The topological polar surface area (TPSA) is 102 Å². The zero-order valence-electron chi connectivity index (χ0n) is 10.2. The molecule has 2 N–H and O–H groups in total. The molecule has 0 bridgehead atoms. The number of rotatable bonds is 4. The van der Waals surface area contributed by atoms with Gasteiger partial charge in [-0.2, -0.15) is 0 Å². The summed E-state index contributed by atoms with van der Waals surface area (Å²) < 4.78 is 5.40. The second-order valence-corrected chi connectivity index (χ2v) is 4.04. The first-order chi connectivity index (χ1) is 8.63. The highest BCUT2D eigenvalue weighted by Gasteiger charge is 2.29. The van der Waals surface area contributed by atoms with Gasteiger partial charge in [0, 0.05) is 13.7 Å². The lowest BCUT2D eigenvalue weighted by Crippen LogP contribution is -2.27. The average molecular weight is 253 g/mol. The number of nitrogens with zero attached hydrogens (tertiary/aromatic N) is 3. The summed E-state index contributed by atoms with van der Waals surface area (Å²) in [7, 11) is 1.58. The molecule has 2 heterocycles. The van der Waals surface area contributed by atoms with Crippen LogP contribution in [0.15, 0.2) is 6.33 Å². The Morgan fingerprint density at radius 3 is 2.78 bits per heavy atom. The molecule has 1 aliphatic heterocycles. The maximum absolute atomic E-state index is 11.1. The first kappa shape index (κ1) is 12.5. The van der Waals surface area contributed by atoms with Crippen molar-refractivity contribution in [1.29, 1.82) is 0 Å². The Morgan fingerprint density at radius 2 is 2.22 bits per heavy atom. The predicted molar refractivity (Wildman–Crippen MR) is 65.7 cm³/mol. The summed E-state index contributed by atoms with van der Waals surface area (Å²) in [6.45, 7) is 2.58. The van der Waals surface area contributed by atoms with Gasteiger partial charge in [0.2, 0.25) is 11.6 Å². The molecule has 0 aromatic carbocycles. The Balaban J connectivity index is 2.29. The summed E-state index contributed by atoms with van der Waals surface area (Å²) >= 11 is 0. The summed E-state index contributed by atoms with van der Waals surface area (Å²) in [5.41, 5.74) is -0.140. The second-order valence-electron chi connectivity index (χ2n) is 4.04. The third-order valence-corrected chi connectivity index (χ3v) is 2.94. The van der Waals surface area contributed by atoms with Crippen LogP contribution in [0.5, 0.6) is 0 Å². The molecule has 98 valence electrons. The molecule has 0 spiro atoms. The van der Waals surface area contributed by atoms with Crippen molar-refractivity contribution in [1.82, 2.24) is 9.97 Å². The molecule has 2 rings (SSSR count). The van der Waals surface area contributed by atoms with Crippen LogP contribution >= 0.6 is 0 Å². The fourth-order valence-corrected chi connectivity index (χ4v) is 1.94. The number of aromatic nitrogens is 2. The highest BCUT2D eigenvalue weighted by molar-refractivity contribution is 5.69. The van der Waals surface area contributed by atoms with Gasteiger partial charge >= 0.3 is 5.69 Å². The van der Waals surface area contributed by atoms with Gasteiger partial charge in [0.25, 0.3) is 0 Å². The lowest BCUT2D eigenvalue weighted by Gasteiger charge is -2.16. The molecule has 1 aromatic heterocycles. The van der Waals surface area contributed by atoms with Gasteiger partial charge in [0.15, 0.2) is 0 Å². The fourth-order valence-electron chi connectivity index (χ4n) is 1.94. The van der Waals surface area contributed by atoms with Crippen molar-refractivity contribution in [3.63, 3.8) is 0 Å². The SMILES string of the molecule is CNc1ncnc(NC2CCOC2C)c1[N+](=O)[O-]. The van der Waals surface area contributed by atoms with Crippen LogP contribution in [0.3, 0.4) is 0 Å². The zero-order valence-corrected chi connectivity index (χ0v) is 10.2. The van der Waals surface area contributed by atoms with Gasteiger partial charge in [-0.15, -0.1) is 0 Å². The quantitative estimate of drug-likeness (QED) is 0.609. The summed E-state index contributed by atoms with van der Waals surface area (Å²) in [6.07, 6.45) is 2.11. The van der Waals surface area contributed by atoms with E-state index in [-0.39, 0.29) is 29.5 Å². The highest BCUT2D eigenvalue weighted by Crippen LogP contribution is 2.30. The van der Waals surface area contributed by atoms with Crippen LogP contribution in [-0.2, 0) is 4.74 Å². The minimum atomic E-state index is -0.491. The number of nitro groups is 1. The Kier molecular flexibility index (Phi) is 3.56. The van der Waals surface area contributed by atoms with Crippen molar-refractivity contribution in [2.24, 2.45) is 0 Å². The minimum absolute atomic E-state index is 0.0117. The molecule has 0 aliphatic carbocycles. The van der Waals surface area contributed by atoms with Gasteiger partial charge in [0.05, 0.1) is 17.1 Å². The lowest BCUT2D eigenvalue weighted by molar-refractivity contribution is -0.383. The monoisotopic (exact) mass is 253 g/mol. The third-order valence-electron chi connectivity index (χ3n) is 2.94. The van der Waals surface area contributed by atoms with E-state index in [1.807, 2.05) is 6.92 Å². The third kappa shape index (κ3) is 2.33. The van der Waals surface area contributed by atoms with Crippen LogP contribution in [-0.4, -0.2) is 40.7 Å². The average Bonchev–Trinajstić information content (AvgIpc) is 2.74. The minimum Gasteiger partial charge on any atom is -0.376 e. The van der Waals surface area contributed by atoms with Crippen LogP contribution in [0.4, 0.5) is 17.3 Å². The van der Waals surface area contributed by atoms with Crippen LogP contribution in [0.1, 0.15) is 13.3 Å². The molecule has 0 saturated carbocycles. The van der Waals surface area contributed by atoms with Crippen molar-refractivity contribution >= 4 is 17.3 Å². The molecule has 1 aliphatic rings. The molecule has 1 fully saturated rings. The van der Waals surface area contributed by atoms with Crippen molar-refractivity contribution in [2.75, 3.05) is 24.3 Å². The molecule has 2 unspecified atom stereocenters. The first-order valence-electron chi connectivity index (χ1n) is 5.68. The van der Waals surface area contributed by atoms with Gasteiger partial charge in [-0.25, -0.2) is 9.97 Å². The molecule has 0 amide bonds. The van der Waals surface area contributed by atoms with Crippen LogP contribution in [0, 0.1) is 10.1 Å². The summed E-state index contributed by atoms with van der Waals surface area (Å²) in [5, 5.41) is 16.8. The van der Waals surface area contributed by atoms with Crippen molar-refractivity contribution < 1.29 is 9.66 Å². The molecule has 8 nitrogen and oxygen atoms in total. The lowest BCUT2D eigenvalue weighted by atomic mass is 10.1. The van der Waals surface area contributed by atoms with E-state index in [0.29, 0.717) is 6.61 Å². The summed E-state index contributed by atoms with van der Waals surface area (Å²) in [6, 6.07) is 0.0308. The standard InChI is InChI=1S/C10H15N5O3/c1-6-7(3-4-18-6)14-10-8(15(16)17)9(11-2)12-5-13-10/h5-7H,3-4H2,1-2H3,(H2,11,12,13,14). The maximum Gasteiger partial charge on any atom is 0.353 e. The van der Waals surface area contributed by atoms with Crippen LogP contribution in [0.2, 0.25) is 0 Å². The van der Waals surface area contributed by atoms with Gasteiger partial charge < -0.3 is 15.4 Å². The Morgan fingerprint density at radius 1 is 1.50 bits per heavy atom. The molecule has 18 heavy (non-hydrogen) atoms. The fraction of sp³-hybridized carbons (Fsp3) is 0.600. The van der Waals surface area contributed by atoms with E-state index in [1.54, 1.807) is 7.05 Å². The van der Waals surface area contributed by atoms with E-state index in [2.05, 4.69) is 20.6 Å². The van der Waals surface area contributed by atoms with Crippen LogP contribution < -0.4 is 10.6 Å². The molecule has 2 atom stereocenters. The number of nitrogens with one attached hydrogen (secondary N) is 2. The molecular formula is C10H15N5O3. The number of hydrogen-bond acceptors (Lipinski definition) is 7. The van der Waals surface area contributed by atoms with Gasteiger partial charge in [-0.05, 0) is 13.3 Å². The van der Waals surface area contributed by atoms with Crippen molar-refractivity contribution in [3.8, 4) is 0 Å². The first-order valence-corrected chi connectivity index (χ1v) is 5.68. The van der Waals surface area contributed by atoms with E-state index in [0.717, 1.165) is 6.42 Å². The van der Waals surface area contributed by atoms with Gasteiger partial charge in [-0.1, -0.05) is 0 Å². The Labute approximate surface area is 104 Å². The molecule has 0 radical (unpaired) electrons. The van der Waals surface area contributed by atoms with E-state index in [9.17, 15) is 10.1 Å². The Bertz CT molecular complexity index is 453. The Hall–Kier alpha value is -1.96. The summed E-state index contributed by atoms with van der Waals surface area (Å²) in [5.74, 6) is 0.422.